The number of benzene rings is 2. The number of urea groups is 1. The highest BCUT2D eigenvalue weighted by Gasteiger charge is 2.69. The standard InChI is InChI=1S/C29H34N4O5/c1-28(2,3)33-24(34)21-22(25(33)35)29(26(36)37,16-7-17-31-27(30)38)32-23(21)20-14-12-19(13-15-20)11-10-18-8-5-4-6-9-18/h4-6,8-15,21-23,32H,7,16-17H2,1-3H3,(H,36,37)(H3,30,31,38). The average molecular weight is 519 g/mol. The summed E-state index contributed by atoms with van der Waals surface area (Å²) in [5, 5.41) is 16.1. The lowest BCUT2D eigenvalue weighted by Crippen LogP contribution is -2.57. The van der Waals surface area contributed by atoms with Crippen LogP contribution < -0.4 is 16.4 Å². The molecule has 2 saturated heterocycles. The molecule has 38 heavy (non-hydrogen) atoms. The van der Waals surface area contributed by atoms with Gasteiger partial charge in [-0.15, -0.1) is 0 Å². The Labute approximate surface area is 222 Å². The topological polar surface area (TPSA) is 142 Å². The number of rotatable bonds is 8. The van der Waals surface area contributed by atoms with Crippen molar-refractivity contribution in [1.29, 1.82) is 0 Å². The zero-order valence-electron chi connectivity index (χ0n) is 21.8. The summed E-state index contributed by atoms with van der Waals surface area (Å²) in [4.78, 5) is 52.4. The maximum Gasteiger partial charge on any atom is 0.324 e. The van der Waals surface area contributed by atoms with Gasteiger partial charge in [-0.25, -0.2) is 4.79 Å². The summed E-state index contributed by atoms with van der Waals surface area (Å²) in [6.07, 6.45) is 4.27. The van der Waals surface area contributed by atoms with Gasteiger partial charge in [0.15, 0.2) is 0 Å². The summed E-state index contributed by atoms with van der Waals surface area (Å²) in [5.74, 6) is -4.02. The van der Waals surface area contributed by atoms with Gasteiger partial charge >= 0.3 is 12.0 Å². The maximum atomic E-state index is 13.7. The Kier molecular flexibility index (Phi) is 7.42. The first-order chi connectivity index (χ1) is 18.0. The van der Waals surface area contributed by atoms with Crippen LogP contribution in [0.25, 0.3) is 12.2 Å². The molecule has 2 aromatic carbocycles. The van der Waals surface area contributed by atoms with E-state index in [1.54, 1.807) is 20.8 Å². The van der Waals surface area contributed by atoms with Crippen LogP contribution in [0.15, 0.2) is 54.6 Å². The molecule has 2 aliphatic heterocycles. The molecule has 0 aliphatic carbocycles. The van der Waals surface area contributed by atoms with Crippen LogP contribution in [0.3, 0.4) is 0 Å². The van der Waals surface area contributed by atoms with Crippen LogP contribution in [0.1, 0.15) is 56.3 Å². The molecule has 200 valence electrons. The number of hydrogen-bond donors (Lipinski definition) is 4. The molecule has 2 fully saturated rings. The largest absolute Gasteiger partial charge is 0.480 e. The van der Waals surface area contributed by atoms with Crippen molar-refractivity contribution < 1.29 is 24.3 Å². The number of primary amides is 1. The van der Waals surface area contributed by atoms with Crippen molar-refractivity contribution >= 4 is 36.0 Å². The Balaban J connectivity index is 1.67. The highest BCUT2D eigenvalue weighted by Crippen LogP contribution is 2.51. The van der Waals surface area contributed by atoms with Gasteiger partial charge in [-0.05, 0) is 50.3 Å². The van der Waals surface area contributed by atoms with Crippen molar-refractivity contribution in [2.75, 3.05) is 6.54 Å². The van der Waals surface area contributed by atoms with Crippen molar-refractivity contribution in [2.24, 2.45) is 17.6 Å². The van der Waals surface area contributed by atoms with Crippen LogP contribution in [0.4, 0.5) is 4.79 Å². The molecule has 2 heterocycles. The first-order valence-corrected chi connectivity index (χ1v) is 12.7. The normalized spacial score (nSPS) is 25.1. The maximum absolute atomic E-state index is 13.7. The van der Waals surface area contributed by atoms with Gasteiger partial charge in [0.2, 0.25) is 11.8 Å². The lowest BCUT2D eigenvalue weighted by Gasteiger charge is -2.35. The first-order valence-electron chi connectivity index (χ1n) is 12.7. The molecule has 2 aliphatic rings. The fourth-order valence-electron chi connectivity index (χ4n) is 5.63. The summed E-state index contributed by atoms with van der Waals surface area (Å²) in [5.41, 5.74) is 5.41. The minimum Gasteiger partial charge on any atom is -0.480 e. The number of likely N-dealkylation sites (tertiary alicyclic amines) is 1. The lowest BCUT2D eigenvalue weighted by atomic mass is 9.77. The second-order valence-electron chi connectivity index (χ2n) is 10.9. The quantitative estimate of drug-likeness (QED) is 0.240. The predicted octanol–water partition coefficient (Wildman–Crippen LogP) is 3.17. The highest BCUT2D eigenvalue weighted by atomic mass is 16.4. The number of hydrogen-bond acceptors (Lipinski definition) is 5. The van der Waals surface area contributed by atoms with Gasteiger partial charge in [-0.2, -0.15) is 0 Å². The lowest BCUT2D eigenvalue weighted by molar-refractivity contribution is -0.154. The molecule has 9 heteroatoms. The predicted molar refractivity (Wildman–Crippen MR) is 143 cm³/mol. The summed E-state index contributed by atoms with van der Waals surface area (Å²) in [6, 6.07) is 16.0. The fourth-order valence-corrected chi connectivity index (χ4v) is 5.63. The van der Waals surface area contributed by atoms with Crippen LogP contribution >= 0.6 is 0 Å². The zero-order chi connectivity index (χ0) is 27.7. The number of nitrogens with zero attached hydrogens (tertiary/aromatic N) is 1. The molecule has 2 aromatic rings. The van der Waals surface area contributed by atoms with Crippen LogP contribution in [0.2, 0.25) is 0 Å². The van der Waals surface area contributed by atoms with E-state index in [0.29, 0.717) is 0 Å². The third kappa shape index (κ3) is 5.06. The monoisotopic (exact) mass is 518 g/mol. The molecule has 0 bridgehead atoms. The number of nitrogens with two attached hydrogens (primary N) is 1. The Morgan fingerprint density at radius 3 is 2.18 bits per heavy atom. The number of carbonyl (C=O) groups is 4. The van der Waals surface area contributed by atoms with Gasteiger partial charge in [0, 0.05) is 18.1 Å². The van der Waals surface area contributed by atoms with E-state index in [1.807, 2.05) is 66.7 Å². The first kappa shape index (κ1) is 27.1. The molecule has 4 unspecified atom stereocenters. The molecule has 0 aromatic heterocycles. The second-order valence-corrected chi connectivity index (χ2v) is 10.9. The molecular weight excluding hydrogens is 484 g/mol. The van der Waals surface area contributed by atoms with E-state index in [0.717, 1.165) is 16.7 Å². The number of amides is 4. The second kappa shape index (κ2) is 10.4. The van der Waals surface area contributed by atoms with E-state index < -0.39 is 46.9 Å². The molecule has 4 atom stereocenters. The number of carboxylic acids is 1. The molecule has 9 nitrogen and oxygen atoms in total. The van der Waals surface area contributed by atoms with Gasteiger partial charge in [-0.3, -0.25) is 24.6 Å². The molecule has 0 saturated carbocycles. The average Bonchev–Trinajstić information content (AvgIpc) is 3.35. The van der Waals surface area contributed by atoms with Crippen LogP contribution in [0.5, 0.6) is 0 Å². The molecule has 4 rings (SSSR count). The highest BCUT2D eigenvalue weighted by molar-refractivity contribution is 6.10. The van der Waals surface area contributed by atoms with E-state index in [4.69, 9.17) is 5.73 Å². The number of nitrogens with one attached hydrogen (secondary N) is 2. The van der Waals surface area contributed by atoms with Crippen molar-refractivity contribution in [3.8, 4) is 0 Å². The number of aliphatic carboxylic acids is 1. The Hall–Kier alpha value is -3.98. The van der Waals surface area contributed by atoms with Crippen LogP contribution in [-0.4, -0.2) is 51.4 Å². The number of carbonyl (C=O) groups excluding carboxylic acids is 3. The van der Waals surface area contributed by atoms with Crippen LogP contribution in [-0.2, 0) is 14.4 Å². The number of carboxylic acid groups (broad SMARTS) is 1. The minimum absolute atomic E-state index is 0.0369. The third-order valence-electron chi connectivity index (χ3n) is 7.32. The summed E-state index contributed by atoms with van der Waals surface area (Å²) < 4.78 is 0. The van der Waals surface area contributed by atoms with Gasteiger partial charge in [0.25, 0.3) is 0 Å². The summed E-state index contributed by atoms with van der Waals surface area (Å²) in [7, 11) is 0. The van der Waals surface area contributed by atoms with Gasteiger partial charge in [0.1, 0.15) is 5.54 Å². The molecule has 4 amide bonds. The Morgan fingerprint density at radius 1 is 1.03 bits per heavy atom. The smallest absolute Gasteiger partial charge is 0.324 e. The SMILES string of the molecule is CC(C)(C)N1C(=O)C2C(c3ccc(C=Cc4ccccc4)cc3)NC(CCCNC(N)=O)(C(=O)O)C2C1=O. The van der Waals surface area contributed by atoms with E-state index >= 15 is 0 Å². The van der Waals surface area contributed by atoms with Crippen molar-refractivity contribution in [1.82, 2.24) is 15.5 Å². The van der Waals surface area contributed by atoms with E-state index in [9.17, 15) is 24.3 Å². The third-order valence-corrected chi connectivity index (χ3v) is 7.32. The van der Waals surface area contributed by atoms with Gasteiger partial charge in [0.05, 0.1) is 11.8 Å². The van der Waals surface area contributed by atoms with E-state index in [-0.39, 0.29) is 25.3 Å². The van der Waals surface area contributed by atoms with Gasteiger partial charge < -0.3 is 16.2 Å². The molecule has 0 spiro atoms. The Morgan fingerprint density at radius 2 is 1.63 bits per heavy atom. The van der Waals surface area contributed by atoms with E-state index in [1.165, 1.54) is 4.90 Å². The van der Waals surface area contributed by atoms with Crippen molar-refractivity contribution in [3.63, 3.8) is 0 Å². The molecule has 5 N–H and O–H groups in total. The number of imide groups is 1. The van der Waals surface area contributed by atoms with Crippen LogP contribution in [0, 0.1) is 11.8 Å². The molecule has 0 radical (unpaired) electrons. The van der Waals surface area contributed by atoms with Crippen molar-refractivity contribution in [3.05, 3.63) is 71.3 Å². The fraction of sp³-hybridized carbons (Fsp3) is 0.379. The van der Waals surface area contributed by atoms with Crippen molar-refractivity contribution in [2.45, 2.75) is 50.7 Å². The molecular formula is C29H34N4O5. The van der Waals surface area contributed by atoms with E-state index in [2.05, 4.69) is 10.6 Å². The Bertz CT molecular complexity index is 1250. The number of fused-ring (bicyclic) bond motifs is 1. The zero-order valence-corrected chi connectivity index (χ0v) is 21.8. The van der Waals surface area contributed by atoms with Gasteiger partial charge in [-0.1, -0.05) is 66.7 Å². The summed E-state index contributed by atoms with van der Waals surface area (Å²) in [6.45, 7) is 5.44. The summed E-state index contributed by atoms with van der Waals surface area (Å²) >= 11 is 0. The minimum atomic E-state index is -1.67.